The van der Waals surface area contributed by atoms with Gasteiger partial charge in [-0.2, -0.15) is 13.2 Å². The maximum atomic E-state index is 13.8. The van der Waals surface area contributed by atoms with Crippen molar-refractivity contribution in [2.75, 3.05) is 24.7 Å². The molecule has 3 atom stereocenters. The molecule has 9 nitrogen and oxygen atoms in total. The van der Waals surface area contributed by atoms with Crippen LogP contribution in [0.2, 0.25) is 0 Å². The van der Waals surface area contributed by atoms with Gasteiger partial charge >= 0.3 is 18.2 Å². The third-order valence-electron chi connectivity index (χ3n) is 6.39. The maximum absolute atomic E-state index is 13.8. The van der Waals surface area contributed by atoms with E-state index in [1.54, 1.807) is 6.92 Å². The number of hydrogen-bond acceptors (Lipinski definition) is 8. The van der Waals surface area contributed by atoms with Crippen molar-refractivity contribution in [3.05, 3.63) is 70.8 Å². The summed E-state index contributed by atoms with van der Waals surface area (Å²) in [6, 6.07) is 7.39. The fourth-order valence-electron chi connectivity index (χ4n) is 4.16. The molecule has 2 aromatic carbocycles. The van der Waals surface area contributed by atoms with E-state index in [4.69, 9.17) is 10.5 Å². The van der Waals surface area contributed by atoms with Crippen molar-refractivity contribution in [1.29, 1.82) is 0 Å². The van der Waals surface area contributed by atoms with Gasteiger partial charge in [0, 0.05) is 25.2 Å². The Labute approximate surface area is 253 Å². The van der Waals surface area contributed by atoms with Gasteiger partial charge in [0.15, 0.2) is 16.4 Å². The van der Waals surface area contributed by atoms with Crippen molar-refractivity contribution in [3.8, 4) is 0 Å². The van der Waals surface area contributed by atoms with E-state index in [1.165, 1.54) is 0 Å². The van der Waals surface area contributed by atoms with Crippen molar-refractivity contribution >= 4 is 21.9 Å². The lowest BCUT2D eigenvalue weighted by Gasteiger charge is -2.27. The van der Waals surface area contributed by atoms with E-state index in [0.29, 0.717) is 19.0 Å². The summed E-state index contributed by atoms with van der Waals surface area (Å²) in [6.07, 6.45) is -6.40. The first-order valence-corrected chi connectivity index (χ1v) is 15.8. The molecule has 0 aromatic heterocycles. The van der Waals surface area contributed by atoms with Crippen LogP contribution >= 0.6 is 0 Å². The Morgan fingerprint density at radius 1 is 1.00 bits per heavy atom. The van der Waals surface area contributed by atoms with Crippen LogP contribution in [-0.2, 0) is 43.5 Å². The number of ether oxygens (including phenoxy) is 2. The molecule has 1 amide bonds. The van der Waals surface area contributed by atoms with Crippen LogP contribution < -0.4 is 16.4 Å². The molecule has 2 rings (SSSR count). The highest BCUT2D eigenvalue weighted by molar-refractivity contribution is 7.91. The zero-order valence-electron chi connectivity index (χ0n) is 24.5. The van der Waals surface area contributed by atoms with E-state index >= 15 is 0 Å². The summed E-state index contributed by atoms with van der Waals surface area (Å²) in [5.41, 5.74) is 8.42. The van der Waals surface area contributed by atoms with Gasteiger partial charge in [0.2, 0.25) is 0 Å². The summed E-state index contributed by atoms with van der Waals surface area (Å²) < 4.78 is 100. The number of nitrogens with one attached hydrogen (secondary N) is 2. The summed E-state index contributed by atoms with van der Waals surface area (Å²) in [4.78, 5) is 25.3. The minimum atomic E-state index is -4.86. The minimum absolute atomic E-state index is 0.102. The molecule has 44 heavy (non-hydrogen) atoms. The number of hydrogen-bond donors (Lipinski definition) is 3. The standard InChI is InChI=1S/C29H38F5N3O6S/c1-3-5-9-44(40,41)17-25(37-28(39)42-18-29(32,33)34)27(38)43-26(16-36-15-20-8-6-7-19(4-2)10-20)24(35)13-21-11-22(30)14-23(31)12-21/h6-8,10-12,14,24-26,36H,3-5,9,13,15-18,35H2,1-2H3,(H,37,39)/t24-,25+,26+/m0/s1. The number of carbonyl (C=O) groups excluding carboxylic acids is 2. The Bertz CT molecular complexity index is 1320. The zero-order valence-corrected chi connectivity index (χ0v) is 25.3. The number of sulfone groups is 1. The normalized spacial score (nSPS) is 14.0. The average Bonchev–Trinajstić information content (AvgIpc) is 2.93. The molecular weight excluding hydrogens is 613 g/mol. The summed E-state index contributed by atoms with van der Waals surface area (Å²) in [5.74, 6) is -4.32. The molecule has 0 aliphatic carbocycles. The molecule has 0 saturated heterocycles. The number of esters is 1. The fraction of sp³-hybridized carbons (Fsp3) is 0.517. The van der Waals surface area contributed by atoms with Crippen LogP contribution in [0, 0.1) is 11.6 Å². The smallest absolute Gasteiger partial charge is 0.422 e. The van der Waals surface area contributed by atoms with Crippen molar-refractivity contribution < 1.29 is 49.4 Å². The second kappa shape index (κ2) is 17.3. The van der Waals surface area contributed by atoms with Crippen LogP contribution in [0.15, 0.2) is 42.5 Å². The maximum Gasteiger partial charge on any atom is 0.422 e. The average molecular weight is 652 g/mol. The van der Waals surface area contributed by atoms with E-state index in [9.17, 15) is 40.0 Å². The molecule has 0 saturated carbocycles. The number of benzene rings is 2. The van der Waals surface area contributed by atoms with Crippen LogP contribution in [0.4, 0.5) is 26.7 Å². The highest BCUT2D eigenvalue weighted by Gasteiger charge is 2.34. The third-order valence-corrected chi connectivity index (χ3v) is 8.14. The Hall–Kier alpha value is -3.30. The summed E-state index contributed by atoms with van der Waals surface area (Å²) in [7, 11) is -3.97. The van der Waals surface area contributed by atoms with E-state index in [2.05, 4.69) is 10.1 Å². The Balaban J connectivity index is 2.27. The number of nitrogens with two attached hydrogens (primary N) is 1. The van der Waals surface area contributed by atoms with E-state index in [1.807, 2.05) is 36.5 Å². The number of amides is 1. The van der Waals surface area contributed by atoms with Gasteiger partial charge in [-0.05, 0) is 48.1 Å². The largest absolute Gasteiger partial charge is 0.458 e. The SMILES string of the molecule is CCCCS(=O)(=O)C[C@@H](NC(=O)OCC(F)(F)F)C(=O)O[C@H](CNCc1cccc(CC)c1)[C@@H](N)Cc1cc(F)cc(F)c1. The molecule has 2 aromatic rings. The van der Waals surface area contributed by atoms with E-state index in [0.717, 1.165) is 29.7 Å². The van der Waals surface area contributed by atoms with Crippen LogP contribution in [0.5, 0.6) is 0 Å². The molecule has 246 valence electrons. The second-order valence-corrected chi connectivity index (χ2v) is 12.5. The Morgan fingerprint density at radius 2 is 1.66 bits per heavy atom. The topological polar surface area (TPSA) is 137 Å². The van der Waals surface area contributed by atoms with Gasteiger partial charge < -0.3 is 25.8 Å². The van der Waals surface area contributed by atoms with Crippen molar-refractivity contribution in [3.63, 3.8) is 0 Å². The van der Waals surface area contributed by atoms with E-state index < -0.39 is 70.3 Å². The third kappa shape index (κ3) is 14.0. The summed E-state index contributed by atoms with van der Waals surface area (Å²) >= 11 is 0. The molecule has 0 aliphatic heterocycles. The molecule has 0 fully saturated rings. The predicted octanol–water partition coefficient (Wildman–Crippen LogP) is 3.97. The lowest BCUT2D eigenvalue weighted by atomic mass is 10.0. The van der Waals surface area contributed by atoms with Gasteiger partial charge in [0.1, 0.15) is 23.8 Å². The van der Waals surface area contributed by atoms with E-state index in [-0.39, 0.29) is 30.7 Å². The van der Waals surface area contributed by atoms with Crippen molar-refractivity contribution in [1.82, 2.24) is 10.6 Å². The van der Waals surface area contributed by atoms with Gasteiger partial charge in [0.05, 0.1) is 11.5 Å². The van der Waals surface area contributed by atoms with Gasteiger partial charge in [-0.25, -0.2) is 26.8 Å². The van der Waals surface area contributed by atoms with Crippen LogP contribution in [0.3, 0.4) is 0 Å². The number of rotatable bonds is 17. The van der Waals surface area contributed by atoms with Crippen LogP contribution in [-0.4, -0.2) is 69.5 Å². The monoisotopic (exact) mass is 651 g/mol. The molecule has 15 heteroatoms. The number of alkyl carbamates (subject to hydrolysis) is 1. The quantitative estimate of drug-likeness (QED) is 0.173. The predicted molar refractivity (Wildman–Crippen MR) is 153 cm³/mol. The molecular formula is C29H38F5N3O6S. The number of carbonyl (C=O) groups is 2. The first-order chi connectivity index (χ1) is 20.6. The lowest BCUT2D eigenvalue weighted by molar-refractivity contribution is -0.161. The number of alkyl halides is 3. The Kier molecular flexibility index (Phi) is 14.5. The molecule has 4 N–H and O–H groups in total. The molecule has 0 spiro atoms. The minimum Gasteiger partial charge on any atom is -0.458 e. The fourth-order valence-corrected chi connectivity index (χ4v) is 5.79. The van der Waals surface area contributed by atoms with Gasteiger partial charge in [-0.1, -0.05) is 44.5 Å². The number of halogens is 5. The highest BCUT2D eigenvalue weighted by Crippen LogP contribution is 2.16. The molecule has 0 aliphatic rings. The van der Waals surface area contributed by atoms with Crippen LogP contribution in [0.1, 0.15) is 43.4 Å². The Morgan fingerprint density at radius 3 is 2.27 bits per heavy atom. The molecule has 0 unspecified atom stereocenters. The van der Waals surface area contributed by atoms with Crippen LogP contribution in [0.25, 0.3) is 0 Å². The highest BCUT2D eigenvalue weighted by atomic mass is 32.2. The summed E-state index contributed by atoms with van der Waals surface area (Å²) in [5, 5.41) is 4.93. The molecule has 0 heterocycles. The lowest BCUT2D eigenvalue weighted by Crippen LogP contribution is -2.52. The first-order valence-electron chi connectivity index (χ1n) is 14.0. The van der Waals surface area contributed by atoms with Crippen molar-refractivity contribution in [2.45, 2.75) is 70.4 Å². The number of unbranched alkanes of at least 4 members (excludes halogenated alkanes) is 1. The number of aryl methyl sites for hydroxylation is 1. The summed E-state index contributed by atoms with van der Waals surface area (Å²) in [6.45, 7) is 1.96. The molecule has 0 radical (unpaired) electrons. The van der Waals surface area contributed by atoms with Gasteiger partial charge in [-0.15, -0.1) is 0 Å². The zero-order chi connectivity index (χ0) is 32.9. The molecule has 0 bridgehead atoms. The van der Waals surface area contributed by atoms with Crippen molar-refractivity contribution in [2.24, 2.45) is 5.73 Å². The first kappa shape index (κ1) is 36.9. The second-order valence-electron chi connectivity index (χ2n) is 10.3. The van der Waals surface area contributed by atoms with Gasteiger partial charge in [0.25, 0.3) is 0 Å². The van der Waals surface area contributed by atoms with Gasteiger partial charge in [-0.3, -0.25) is 0 Å².